The predicted octanol–water partition coefficient (Wildman–Crippen LogP) is 16.3. The van der Waals surface area contributed by atoms with E-state index in [-0.39, 0.29) is 0 Å². The molecule has 0 aliphatic carbocycles. The van der Waals surface area contributed by atoms with Crippen molar-refractivity contribution in [2.75, 3.05) is 0 Å². The van der Waals surface area contributed by atoms with Crippen molar-refractivity contribution in [2.24, 2.45) is 0 Å². The number of nitrogens with zero attached hydrogens (tertiary/aromatic N) is 2. The van der Waals surface area contributed by atoms with Gasteiger partial charge in [0.25, 0.3) is 0 Å². The number of rotatable bonds is 5. The van der Waals surface area contributed by atoms with Crippen LogP contribution in [0.3, 0.4) is 0 Å². The van der Waals surface area contributed by atoms with E-state index in [0.717, 1.165) is 11.4 Å². The summed E-state index contributed by atoms with van der Waals surface area (Å²) in [5.41, 5.74) is 14.5. The summed E-state index contributed by atoms with van der Waals surface area (Å²) in [5.74, 6) is 0. The lowest BCUT2D eigenvalue weighted by molar-refractivity contribution is 1.18. The van der Waals surface area contributed by atoms with Gasteiger partial charge in [0.15, 0.2) is 0 Å². The van der Waals surface area contributed by atoms with Gasteiger partial charge in [0.2, 0.25) is 0 Å². The molecule has 288 valence electrons. The predicted molar refractivity (Wildman–Crippen MR) is 264 cm³/mol. The molecule has 0 N–H and O–H groups in total. The van der Waals surface area contributed by atoms with Crippen LogP contribution < -0.4 is 0 Å². The topological polar surface area (TPSA) is 9.86 Å². The van der Waals surface area contributed by atoms with E-state index in [4.69, 9.17) is 0 Å². The Labute approximate surface area is 358 Å². The molecule has 0 spiro atoms. The van der Waals surface area contributed by atoms with Crippen LogP contribution in [0.2, 0.25) is 0 Å². The molecule has 2 nitrogen and oxygen atoms in total. The molecule has 13 aromatic rings. The van der Waals surface area contributed by atoms with Gasteiger partial charge in [0.05, 0.1) is 22.1 Å². The van der Waals surface area contributed by atoms with E-state index in [1.165, 1.54) is 109 Å². The van der Waals surface area contributed by atoms with Gasteiger partial charge in [0, 0.05) is 32.9 Å². The summed E-state index contributed by atoms with van der Waals surface area (Å²) in [6.07, 6.45) is 0. The Morgan fingerprint density at radius 3 is 1.18 bits per heavy atom. The van der Waals surface area contributed by atoms with Crippen molar-refractivity contribution in [1.82, 2.24) is 9.13 Å². The van der Waals surface area contributed by atoms with Crippen molar-refractivity contribution in [3.63, 3.8) is 0 Å². The van der Waals surface area contributed by atoms with E-state index < -0.39 is 0 Å². The third kappa shape index (κ3) is 5.17. The van der Waals surface area contributed by atoms with Gasteiger partial charge in [-0.05, 0) is 132 Å². The second kappa shape index (κ2) is 13.7. The maximum Gasteiger partial charge on any atom is 0.0541 e. The van der Waals surface area contributed by atoms with Crippen LogP contribution in [0.25, 0.3) is 121 Å². The van der Waals surface area contributed by atoms with E-state index in [9.17, 15) is 0 Å². The lowest BCUT2D eigenvalue weighted by atomic mass is 9.85. The molecule has 2 aromatic heterocycles. The second-order valence-electron chi connectivity index (χ2n) is 16.4. The molecule has 13 rings (SSSR count). The van der Waals surface area contributed by atoms with Gasteiger partial charge < -0.3 is 9.13 Å². The smallest absolute Gasteiger partial charge is 0.0541 e. The SMILES string of the molecule is c1ccc(-n2c3ccccc3c3cc(-c4cccc5c(-c6cccc7ccccc67)c6cccc(-c7ccc8c(c7)c7ccccc7n8-c7ccccc7)c6cc45)ccc32)cc1. The van der Waals surface area contributed by atoms with Gasteiger partial charge >= 0.3 is 0 Å². The average Bonchev–Trinajstić information content (AvgIpc) is 3.85. The molecule has 2 heteroatoms. The van der Waals surface area contributed by atoms with E-state index >= 15 is 0 Å². The van der Waals surface area contributed by atoms with Crippen molar-refractivity contribution >= 4 is 75.9 Å². The summed E-state index contributed by atoms with van der Waals surface area (Å²) in [6.45, 7) is 0. The fraction of sp³-hybridized carbons (Fsp3) is 0. The first-order valence-corrected chi connectivity index (χ1v) is 21.4. The van der Waals surface area contributed by atoms with Crippen LogP contribution in [0.1, 0.15) is 0 Å². The molecule has 0 saturated heterocycles. The van der Waals surface area contributed by atoms with Crippen molar-refractivity contribution in [3.05, 3.63) is 231 Å². The van der Waals surface area contributed by atoms with Gasteiger partial charge in [-0.15, -0.1) is 0 Å². The standard InChI is InChI=1S/C60H38N2/c1-3-18-42(19-4-1)61-56-30-11-9-23-47(56)54-36-40(32-34-58(54)61)45-25-14-28-50-52(45)38-53-46(26-15-29-51(53)60(50)49-27-13-17-39-16-7-8-22-44(39)49)41-33-35-59-55(37-41)48-24-10-12-31-57(48)62(59)43-20-5-2-6-21-43/h1-38H. The summed E-state index contributed by atoms with van der Waals surface area (Å²) in [5, 5.41) is 12.5. The van der Waals surface area contributed by atoms with Gasteiger partial charge in [-0.3, -0.25) is 0 Å². The molecule has 0 atom stereocenters. The van der Waals surface area contributed by atoms with Crippen LogP contribution in [0.5, 0.6) is 0 Å². The van der Waals surface area contributed by atoms with Gasteiger partial charge in [0.1, 0.15) is 0 Å². The van der Waals surface area contributed by atoms with Crippen LogP contribution in [0.4, 0.5) is 0 Å². The Morgan fingerprint density at radius 1 is 0.226 bits per heavy atom. The molecule has 0 unspecified atom stereocenters. The quantitative estimate of drug-likeness (QED) is 0.154. The minimum atomic E-state index is 1.16. The van der Waals surface area contributed by atoms with E-state index in [1.54, 1.807) is 0 Å². The number of aromatic nitrogens is 2. The van der Waals surface area contributed by atoms with Crippen LogP contribution >= 0.6 is 0 Å². The third-order valence-corrected chi connectivity index (χ3v) is 13.1. The molecule has 0 aliphatic heterocycles. The maximum atomic E-state index is 2.47. The first-order valence-electron chi connectivity index (χ1n) is 21.4. The fourth-order valence-corrected chi connectivity index (χ4v) is 10.4. The van der Waals surface area contributed by atoms with Crippen molar-refractivity contribution in [1.29, 1.82) is 0 Å². The highest BCUT2D eigenvalue weighted by Gasteiger charge is 2.20. The van der Waals surface area contributed by atoms with Crippen LogP contribution in [0, 0.1) is 0 Å². The molecule has 0 radical (unpaired) electrons. The molecule has 0 amide bonds. The van der Waals surface area contributed by atoms with E-state index in [1.807, 2.05) is 0 Å². The van der Waals surface area contributed by atoms with E-state index in [0.29, 0.717) is 0 Å². The monoisotopic (exact) mass is 786 g/mol. The van der Waals surface area contributed by atoms with Crippen molar-refractivity contribution in [2.45, 2.75) is 0 Å². The normalized spacial score (nSPS) is 11.9. The van der Waals surface area contributed by atoms with Crippen LogP contribution in [-0.4, -0.2) is 9.13 Å². The number of para-hydroxylation sites is 4. The highest BCUT2D eigenvalue weighted by Crippen LogP contribution is 2.46. The molecule has 0 fully saturated rings. The largest absolute Gasteiger partial charge is 0.309 e. The van der Waals surface area contributed by atoms with Gasteiger partial charge in [-0.1, -0.05) is 164 Å². The number of fused-ring (bicyclic) bond motifs is 9. The summed E-state index contributed by atoms with van der Waals surface area (Å²) < 4.78 is 4.79. The highest BCUT2D eigenvalue weighted by molar-refractivity contribution is 6.22. The molecule has 0 bridgehead atoms. The fourth-order valence-electron chi connectivity index (χ4n) is 10.4. The number of hydrogen-bond acceptors (Lipinski definition) is 0. The Morgan fingerprint density at radius 2 is 0.629 bits per heavy atom. The molecule has 11 aromatic carbocycles. The second-order valence-corrected chi connectivity index (χ2v) is 16.4. The Hall–Kier alpha value is -8.20. The van der Waals surface area contributed by atoms with Crippen molar-refractivity contribution < 1.29 is 0 Å². The summed E-state index contributed by atoms with van der Waals surface area (Å²) in [7, 11) is 0. The molecule has 0 aliphatic rings. The minimum Gasteiger partial charge on any atom is -0.309 e. The molecular formula is C60H38N2. The van der Waals surface area contributed by atoms with E-state index in [2.05, 4.69) is 240 Å². The minimum absolute atomic E-state index is 1.16. The molecular weight excluding hydrogens is 749 g/mol. The lowest BCUT2D eigenvalue weighted by Gasteiger charge is -2.19. The third-order valence-electron chi connectivity index (χ3n) is 13.1. The zero-order valence-corrected chi connectivity index (χ0v) is 33.8. The first-order chi connectivity index (χ1) is 30.8. The number of benzene rings is 11. The van der Waals surface area contributed by atoms with Gasteiger partial charge in [-0.2, -0.15) is 0 Å². The molecule has 2 heterocycles. The Balaban J connectivity index is 1.10. The Bertz CT molecular complexity index is 3690. The zero-order valence-electron chi connectivity index (χ0n) is 33.8. The summed E-state index contributed by atoms with van der Waals surface area (Å²) >= 11 is 0. The lowest BCUT2D eigenvalue weighted by Crippen LogP contribution is -1.93. The Kier molecular flexibility index (Phi) is 7.64. The van der Waals surface area contributed by atoms with Crippen LogP contribution in [-0.2, 0) is 0 Å². The average molecular weight is 787 g/mol. The zero-order chi connectivity index (χ0) is 40.7. The maximum absolute atomic E-state index is 2.47. The number of hydrogen-bond donors (Lipinski definition) is 0. The molecule has 0 saturated carbocycles. The summed E-state index contributed by atoms with van der Waals surface area (Å²) in [6, 6.07) is 84.9. The van der Waals surface area contributed by atoms with Gasteiger partial charge in [-0.25, -0.2) is 0 Å². The van der Waals surface area contributed by atoms with Crippen LogP contribution in [0.15, 0.2) is 231 Å². The van der Waals surface area contributed by atoms with Crippen molar-refractivity contribution in [3.8, 4) is 44.8 Å². The first kappa shape index (κ1) is 34.6. The highest BCUT2D eigenvalue weighted by atomic mass is 15.0. The molecule has 62 heavy (non-hydrogen) atoms. The summed E-state index contributed by atoms with van der Waals surface area (Å²) in [4.78, 5) is 0.